The van der Waals surface area contributed by atoms with Crippen LogP contribution in [0.1, 0.15) is 118 Å². The van der Waals surface area contributed by atoms with Crippen LogP contribution in [0.5, 0.6) is 11.5 Å². The van der Waals surface area contributed by atoms with E-state index in [1.54, 1.807) is 0 Å². The van der Waals surface area contributed by atoms with E-state index in [2.05, 4.69) is 28.1 Å². The molecule has 0 heterocycles. The molecule has 0 unspecified atom stereocenters. The number of carboxylic acids is 2. The van der Waals surface area contributed by atoms with Crippen molar-refractivity contribution in [2.45, 2.75) is 96.8 Å². The summed E-state index contributed by atoms with van der Waals surface area (Å²) in [5, 5.41) is 38.1. The maximum Gasteiger partial charge on any atom is 1.00 e. The van der Waals surface area contributed by atoms with E-state index in [0.29, 0.717) is 0 Å². The van der Waals surface area contributed by atoms with Crippen LogP contribution in [0.15, 0.2) is 48.5 Å². The monoisotopic (exact) mass is 581 g/mol. The van der Waals surface area contributed by atoms with Crippen LogP contribution in [0.2, 0.25) is 0 Å². The number of nitrogens with zero attached hydrogens (tertiary/aromatic N) is 1. The molecule has 0 aliphatic rings. The Bertz CT molecular complexity index is 890. The second-order valence-electron chi connectivity index (χ2n) is 11.2. The summed E-state index contributed by atoms with van der Waals surface area (Å²) < 4.78 is 1.12. The molecule has 7 nitrogen and oxygen atoms in total. The number of carbonyl (C=O) groups is 2. The van der Waals surface area contributed by atoms with Gasteiger partial charge in [0.1, 0.15) is 0 Å². The Balaban J connectivity index is 0. The Morgan fingerprint density at radius 3 is 1.12 bits per heavy atom. The maximum absolute atomic E-state index is 10.7. The van der Waals surface area contributed by atoms with Crippen LogP contribution in [0.4, 0.5) is 0 Å². The van der Waals surface area contributed by atoms with Gasteiger partial charge < -0.3 is 24.9 Å². The van der Waals surface area contributed by atoms with Crippen LogP contribution < -0.4 is 39.8 Å². The van der Waals surface area contributed by atoms with Crippen molar-refractivity contribution in [3.05, 3.63) is 59.7 Å². The molecule has 0 saturated carbocycles. The summed E-state index contributed by atoms with van der Waals surface area (Å²) >= 11 is 0. The van der Waals surface area contributed by atoms with E-state index in [1.807, 2.05) is 0 Å². The molecule has 0 radical (unpaired) electrons. The van der Waals surface area contributed by atoms with Crippen molar-refractivity contribution in [1.82, 2.24) is 0 Å². The molecule has 41 heavy (non-hydrogen) atoms. The number of aromatic carboxylic acids is 2. The molecule has 2 N–H and O–H groups in total. The van der Waals surface area contributed by atoms with Crippen molar-refractivity contribution in [1.29, 1.82) is 0 Å². The molecular formula is C33H52NNaO6. The van der Waals surface area contributed by atoms with Crippen LogP contribution >= 0.6 is 0 Å². The summed E-state index contributed by atoms with van der Waals surface area (Å²) in [5.41, 5.74) is -0.356. The van der Waals surface area contributed by atoms with Gasteiger partial charge in [-0.1, -0.05) is 132 Å². The molecule has 0 aliphatic heterocycles. The van der Waals surface area contributed by atoms with Crippen LogP contribution in [-0.4, -0.2) is 54.3 Å². The van der Waals surface area contributed by atoms with Gasteiger partial charge in [0, 0.05) is 0 Å². The maximum atomic E-state index is 10.7. The van der Waals surface area contributed by atoms with E-state index in [9.17, 15) is 19.8 Å². The van der Waals surface area contributed by atoms with Crippen molar-refractivity contribution in [3.63, 3.8) is 0 Å². The van der Waals surface area contributed by atoms with E-state index in [4.69, 9.17) is 10.2 Å². The molecule has 0 aliphatic carbocycles. The first kappa shape index (κ1) is 41.1. The first-order chi connectivity index (χ1) is 19.0. The van der Waals surface area contributed by atoms with E-state index in [0.717, 1.165) is 4.48 Å². The summed E-state index contributed by atoms with van der Waals surface area (Å²) in [4.78, 5) is 20.4. The Labute approximate surface area is 270 Å². The Morgan fingerprint density at radius 1 is 0.585 bits per heavy atom. The minimum atomic E-state index is -1.18. The molecule has 2 aromatic carbocycles. The van der Waals surface area contributed by atoms with Crippen LogP contribution in [0.25, 0.3) is 0 Å². The molecule has 0 spiro atoms. The van der Waals surface area contributed by atoms with Crippen molar-refractivity contribution in [3.8, 4) is 11.5 Å². The number of hydrogen-bond donors (Lipinski definition) is 2. The largest absolute Gasteiger partial charge is 1.00 e. The molecule has 226 valence electrons. The third-order valence-electron chi connectivity index (χ3n) is 6.42. The number of benzene rings is 2. The number of carboxylic acid groups (broad SMARTS) is 2. The predicted octanol–water partition coefficient (Wildman–Crippen LogP) is 4.09. The predicted molar refractivity (Wildman–Crippen MR) is 159 cm³/mol. The van der Waals surface area contributed by atoms with Gasteiger partial charge in [-0.3, -0.25) is 0 Å². The van der Waals surface area contributed by atoms with Crippen molar-refractivity contribution >= 4 is 11.9 Å². The summed E-state index contributed by atoms with van der Waals surface area (Å²) in [6.07, 6.45) is 20.4. The fraction of sp³-hybridized carbons (Fsp3) is 0.576. The number of unbranched alkanes of at least 4 members (excludes halogenated alkanes) is 13. The minimum absolute atomic E-state index is 0. The number of rotatable bonds is 17. The molecule has 0 saturated heterocycles. The standard InChI is InChI=1S/C19H42N.2C7H6O3.Na/c1-5-6-7-8-9-10-11-12-13-14-15-16-17-18-19-20(2,3)4;2*8-6-4-2-1-3-5(6)7(9)10;/h5-19H2,1-4H3;2*1-4,8H,(H,9,10);/q+1;;;+1/p-2. The number of hydrogen-bond acceptors (Lipinski definition) is 4. The van der Waals surface area contributed by atoms with E-state index in [-0.39, 0.29) is 40.7 Å². The topological polar surface area (TPSA) is 121 Å². The molecule has 0 aromatic heterocycles. The van der Waals surface area contributed by atoms with Gasteiger partial charge in [-0.25, -0.2) is 9.59 Å². The first-order valence-electron chi connectivity index (χ1n) is 14.8. The van der Waals surface area contributed by atoms with Gasteiger partial charge in [0.15, 0.2) is 0 Å². The molecule has 8 heteroatoms. The third-order valence-corrected chi connectivity index (χ3v) is 6.42. The average molecular weight is 582 g/mol. The Kier molecular flexibility index (Phi) is 25.7. The normalized spacial score (nSPS) is 10.3. The molecule has 0 bridgehead atoms. The summed E-state index contributed by atoms with van der Waals surface area (Å²) in [7, 11) is 6.88. The van der Waals surface area contributed by atoms with Gasteiger partial charge >= 0.3 is 41.5 Å². The number of quaternary nitrogens is 1. The first-order valence-corrected chi connectivity index (χ1v) is 14.8. The van der Waals surface area contributed by atoms with E-state index >= 15 is 0 Å². The van der Waals surface area contributed by atoms with Gasteiger partial charge in [0.25, 0.3) is 0 Å². The van der Waals surface area contributed by atoms with Crippen molar-refractivity contribution in [2.75, 3.05) is 27.7 Å². The zero-order valence-corrected chi connectivity index (χ0v) is 28.2. The average Bonchev–Trinajstić information content (AvgIpc) is 2.89. The molecular weight excluding hydrogens is 529 g/mol. The van der Waals surface area contributed by atoms with E-state index in [1.165, 1.54) is 145 Å². The summed E-state index contributed by atoms with van der Waals surface area (Å²) in [5.74, 6) is -3.25. The third kappa shape index (κ3) is 24.3. The minimum Gasteiger partial charge on any atom is -0.872 e. The molecule has 0 amide bonds. The molecule has 0 fully saturated rings. The quantitative estimate of drug-likeness (QED) is 0.165. The smallest absolute Gasteiger partial charge is 0.872 e. The van der Waals surface area contributed by atoms with Crippen molar-refractivity contribution in [2.24, 2.45) is 0 Å². The Hall–Kier alpha value is -2.06. The molecule has 2 aromatic rings. The fourth-order valence-corrected chi connectivity index (χ4v) is 4.07. The fourth-order valence-electron chi connectivity index (χ4n) is 4.07. The zero-order chi connectivity index (χ0) is 30.2. The zero-order valence-electron chi connectivity index (χ0n) is 26.2. The Morgan fingerprint density at radius 2 is 0.878 bits per heavy atom. The number of para-hydroxylation sites is 2. The summed E-state index contributed by atoms with van der Waals surface area (Å²) in [6.45, 7) is 3.63. The molecule has 2 rings (SSSR count). The van der Waals surface area contributed by atoms with E-state index < -0.39 is 23.4 Å². The van der Waals surface area contributed by atoms with Gasteiger partial charge in [-0.2, -0.15) is 0 Å². The van der Waals surface area contributed by atoms with Crippen LogP contribution in [-0.2, 0) is 0 Å². The SMILES string of the molecule is CCCCCCCCCCCCCCCC[N+](C)(C)C.O=C(O)c1ccccc1[O-].O=C(O)c1ccccc1[O-].[Na+]. The second kappa shape index (κ2) is 25.6. The molecule has 0 atom stereocenters. The van der Waals surface area contributed by atoms with Gasteiger partial charge in [0.2, 0.25) is 0 Å². The van der Waals surface area contributed by atoms with Crippen LogP contribution in [0.3, 0.4) is 0 Å². The van der Waals surface area contributed by atoms with Crippen LogP contribution in [0, 0.1) is 0 Å². The van der Waals surface area contributed by atoms with Gasteiger partial charge in [0.05, 0.1) is 38.8 Å². The van der Waals surface area contributed by atoms with Gasteiger partial charge in [-0.15, -0.1) is 0 Å². The van der Waals surface area contributed by atoms with Crippen molar-refractivity contribution < 1.29 is 64.1 Å². The second-order valence-corrected chi connectivity index (χ2v) is 11.2. The van der Waals surface area contributed by atoms with Gasteiger partial charge in [-0.05, 0) is 25.0 Å². The summed E-state index contributed by atoms with van der Waals surface area (Å²) in [6, 6.07) is 11.1.